The summed E-state index contributed by atoms with van der Waals surface area (Å²) in [6.45, 7) is 4.58. The molecule has 0 spiro atoms. The van der Waals surface area contributed by atoms with Crippen molar-refractivity contribution < 1.29 is 0 Å². The summed E-state index contributed by atoms with van der Waals surface area (Å²) in [5, 5.41) is 0.590. The van der Waals surface area contributed by atoms with Crippen LogP contribution in [0.5, 0.6) is 0 Å². The van der Waals surface area contributed by atoms with Crippen molar-refractivity contribution in [3.05, 3.63) is 0 Å². The van der Waals surface area contributed by atoms with E-state index in [2.05, 4.69) is 26.5 Å². The van der Waals surface area contributed by atoms with Crippen LogP contribution < -0.4 is 0 Å². The molecule has 14 heavy (non-hydrogen) atoms. The Kier molecular flexibility index (Phi) is 6.00. The highest BCUT2D eigenvalue weighted by molar-refractivity contribution is 7.80. The van der Waals surface area contributed by atoms with E-state index in [9.17, 15) is 0 Å². The van der Waals surface area contributed by atoms with E-state index in [1.165, 1.54) is 51.4 Å². The van der Waals surface area contributed by atoms with E-state index < -0.39 is 0 Å². The van der Waals surface area contributed by atoms with E-state index in [4.69, 9.17) is 0 Å². The van der Waals surface area contributed by atoms with Gasteiger partial charge in [0.05, 0.1) is 0 Å². The Hall–Kier alpha value is 0.350. The molecule has 1 saturated carbocycles. The lowest BCUT2D eigenvalue weighted by Gasteiger charge is -2.30. The predicted molar refractivity (Wildman–Crippen MR) is 68.0 cm³/mol. The van der Waals surface area contributed by atoms with Crippen LogP contribution in [0, 0.1) is 11.8 Å². The van der Waals surface area contributed by atoms with Gasteiger partial charge in [0.2, 0.25) is 0 Å². The van der Waals surface area contributed by atoms with Crippen molar-refractivity contribution in [2.45, 2.75) is 70.5 Å². The van der Waals surface area contributed by atoms with E-state index in [0.29, 0.717) is 5.25 Å². The van der Waals surface area contributed by atoms with E-state index in [1.807, 2.05) is 0 Å². The Morgan fingerprint density at radius 1 is 1.14 bits per heavy atom. The lowest BCUT2D eigenvalue weighted by Crippen LogP contribution is -2.18. The molecule has 1 heteroatoms. The maximum absolute atomic E-state index is 4.48. The van der Waals surface area contributed by atoms with Gasteiger partial charge in [0.1, 0.15) is 0 Å². The zero-order valence-electron chi connectivity index (χ0n) is 9.84. The van der Waals surface area contributed by atoms with E-state index >= 15 is 0 Å². The molecule has 0 heterocycles. The molecule has 1 rings (SSSR count). The predicted octanol–water partition coefficient (Wildman–Crippen LogP) is 4.69. The fourth-order valence-electron chi connectivity index (χ4n) is 2.83. The highest BCUT2D eigenvalue weighted by Crippen LogP contribution is 2.34. The van der Waals surface area contributed by atoms with Crippen molar-refractivity contribution in [3.8, 4) is 0 Å². The van der Waals surface area contributed by atoms with Crippen molar-refractivity contribution in [3.63, 3.8) is 0 Å². The maximum Gasteiger partial charge on any atom is -0.00115 e. The summed E-state index contributed by atoms with van der Waals surface area (Å²) in [6, 6.07) is 0. The van der Waals surface area contributed by atoms with E-state index in [1.54, 1.807) is 0 Å². The van der Waals surface area contributed by atoms with Gasteiger partial charge in [-0.25, -0.2) is 0 Å². The van der Waals surface area contributed by atoms with Gasteiger partial charge < -0.3 is 0 Å². The van der Waals surface area contributed by atoms with E-state index in [0.717, 1.165) is 11.8 Å². The first kappa shape index (κ1) is 12.4. The second-order valence-corrected chi connectivity index (χ2v) is 5.87. The van der Waals surface area contributed by atoms with E-state index in [-0.39, 0.29) is 0 Å². The molecule has 84 valence electrons. The Bertz CT molecular complexity index is 136. The van der Waals surface area contributed by atoms with Gasteiger partial charge in [0.15, 0.2) is 0 Å². The lowest BCUT2D eigenvalue weighted by atomic mass is 9.77. The lowest BCUT2D eigenvalue weighted by molar-refractivity contribution is 0.227. The van der Waals surface area contributed by atoms with Crippen LogP contribution in [0.1, 0.15) is 65.2 Å². The molecule has 1 fully saturated rings. The van der Waals surface area contributed by atoms with Crippen LogP contribution in [-0.2, 0) is 0 Å². The molecule has 0 bridgehead atoms. The second-order valence-electron chi connectivity index (χ2n) is 4.99. The van der Waals surface area contributed by atoms with Gasteiger partial charge >= 0.3 is 0 Å². The SMILES string of the molecule is CCC(CCC(C)S)C1CCCCC1. The quantitative estimate of drug-likeness (QED) is 0.631. The highest BCUT2D eigenvalue weighted by Gasteiger charge is 2.21. The molecule has 1 aliphatic rings. The van der Waals surface area contributed by atoms with Gasteiger partial charge in [-0.2, -0.15) is 12.6 Å². The summed E-state index contributed by atoms with van der Waals surface area (Å²) in [6.07, 6.45) is 11.5. The Morgan fingerprint density at radius 2 is 1.79 bits per heavy atom. The van der Waals surface area contributed by atoms with Crippen LogP contribution >= 0.6 is 12.6 Å². The smallest absolute Gasteiger partial charge is 0.00115 e. The molecular weight excluding hydrogens is 188 g/mol. The zero-order chi connectivity index (χ0) is 10.4. The normalized spacial score (nSPS) is 23.4. The second kappa shape index (κ2) is 6.76. The molecule has 2 unspecified atom stereocenters. The van der Waals surface area contributed by atoms with Crippen LogP contribution in [0.25, 0.3) is 0 Å². The Labute approximate surface area is 95.3 Å². The van der Waals surface area contributed by atoms with Gasteiger partial charge in [-0.15, -0.1) is 0 Å². The molecule has 0 saturated heterocycles. The molecule has 2 atom stereocenters. The summed E-state index contributed by atoms with van der Waals surface area (Å²) in [5.41, 5.74) is 0. The van der Waals surface area contributed by atoms with Gasteiger partial charge in [0.25, 0.3) is 0 Å². The number of rotatable bonds is 5. The topological polar surface area (TPSA) is 0 Å². The largest absolute Gasteiger partial charge is 0.176 e. The first-order valence-corrected chi connectivity index (χ1v) is 6.93. The third-order valence-electron chi connectivity index (χ3n) is 3.80. The minimum absolute atomic E-state index is 0.590. The molecule has 0 aromatic heterocycles. The number of thiol groups is 1. The third kappa shape index (κ3) is 4.25. The molecule has 0 N–H and O–H groups in total. The standard InChI is InChI=1S/C13H26S/c1-3-12(10-9-11(2)14)13-7-5-4-6-8-13/h11-14H,3-10H2,1-2H3. The number of hydrogen-bond acceptors (Lipinski definition) is 1. The molecule has 0 nitrogen and oxygen atoms in total. The summed E-state index contributed by atoms with van der Waals surface area (Å²) < 4.78 is 0. The monoisotopic (exact) mass is 214 g/mol. The molecule has 0 aliphatic heterocycles. The van der Waals surface area contributed by atoms with Gasteiger partial charge in [0, 0.05) is 0 Å². The summed E-state index contributed by atoms with van der Waals surface area (Å²) in [5.74, 6) is 2.03. The molecule has 0 amide bonds. The van der Waals surface area contributed by atoms with Crippen molar-refractivity contribution in [1.29, 1.82) is 0 Å². The molecule has 0 radical (unpaired) electrons. The summed E-state index contributed by atoms with van der Waals surface area (Å²) in [7, 11) is 0. The van der Waals surface area contributed by atoms with Gasteiger partial charge in [-0.1, -0.05) is 52.4 Å². The molecule has 0 aromatic rings. The van der Waals surface area contributed by atoms with Crippen molar-refractivity contribution >= 4 is 12.6 Å². The molecular formula is C13H26S. The Morgan fingerprint density at radius 3 is 2.29 bits per heavy atom. The van der Waals surface area contributed by atoms with Crippen LogP contribution in [0.2, 0.25) is 0 Å². The minimum atomic E-state index is 0.590. The van der Waals surface area contributed by atoms with Crippen LogP contribution in [0.15, 0.2) is 0 Å². The Balaban J connectivity index is 2.28. The summed E-state index contributed by atoms with van der Waals surface area (Å²) in [4.78, 5) is 0. The van der Waals surface area contributed by atoms with Crippen molar-refractivity contribution in [1.82, 2.24) is 0 Å². The fourth-order valence-corrected chi connectivity index (χ4v) is 2.98. The summed E-state index contributed by atoms with van der Waals surface area (Å²) >= 11 is 4.48. The minimum Gasteiger partial charge on any atom is -0.176 e. The van der Waals surface area contributed by atoms with Gasteiger partial charge in [-0.3, -0.25) is 0 Å². The third-order valence-corrected chi connectivity index (χ3v) is 4.05. The first-order chi connectivity index (χ1) is 6.74. The van der Waals surface area contributed by atoms with Crippen molar-refractivity contribution in [2.75, 3.05) is 0 Å². The number of hydrogen-bond donors (Lipinski definition) is 1. The maximum atomic E-state index is 4.48. The first-order valence-electron chi connectivity index (χ1n) is 6.42. The average molecular weight is 214 g/mol. The fraction of sp³-hybridized carbons (Fsp3) is 1.00. The molecule has 1 aliphatic carbocycles. The van der Waals surface area contributed by atoms with Crippen LogP contribution in [0.3, 0.4) is 0 Å². The van der Waals surface area contributed by atoms with Crippen LogP contribution in [-0.4, -0.2) is 5.25 Å². The highest BCUT2D eigenvalue weighted by atomic mass is 32.1. The van der Waals surface area contributed by atoms with Gasteiger partial charge in [-0.05, 0) is 29.9 Å². The van der Waals surface area contributed by atoms with Crippen molar-refractivity contribution in [2.24, 2.45) is 11.8 Å². The van der Waals surface area contributed by atoms with Crippen LogP contribution in [0.4, 0.5) is 0 Å². The zero-order valence-corrected chi connectivity index (χ0v) is 10.7. The molecule has 0 aromatic carbocycles. The average Bonchev–Trinajstić information content (AvgIpc) is 2.20.